The normalized spacial score (nSPS) is 19.2. The number of rotatable bonds is 5. The molecule has 0 bridgehead atoms. The predicted octanol–water partition coefficient (Wildman–Crippen LogP) is 4.77. The summed E-state index contributed by atoms with van der Waals surface area (Å²) in [5.74, 6) is 2.88. The number of benzene rings is 2. The Morgan fingerprint density at radius 1 is 1.03 bits per heavy atom. The fourth-order valence-electron chi connectivity index (χ4n) is 5.45. The molecule has 2 aliphatic heterocycles. The first-order valence-corrected chi connectivity index (χ1v) is 12.8. The lowest BCUT2D eigenvalue weighted by molar-refractivity contribution is 0.160. The number of anilines is 3. The molecule has 0 saturated carbocycles. The average Bonchev–Trinajstić information content (AvgIpc) is 3.67. The van der Waals surface area contributed by atoms with E-state index in [2.05, 4.69) is 30.2 Å². The highest BCUT2D eigenvalue weighted by molar-refractivity contribution is 5.87. The topological polar surface area (TPSA) is 103 Å². The Bertz CT molecular complexity index is 1660. The number of ether oxygens (including phenoxy) is 2. The van der Waals surface area contributed by atoms with E-state index in [1.165, 1.54) is 6.33 Å². The first kappa shape index (κ1) is 22.9. The molecule has 1 atom stereocenters. The molecule has 192 valence electrons. The molecule has 5 heterocycles. The molecule has 1 spiro atoms. The van der Waals surface area contributed by atoms with Crippen LogP contribution in [0.15, 0.2) is 55.2 Å². The molecule has 1 N–H and O–H groups in total. The molecular weight excluding hydrogens is 480 g/mol. The number of imidazole rings is 1. The molecular formula is C28H28N8O2. The fraction of sp³-hybridized carbons (Fsp3) is 0.321. The number of aryl methyl sites for hydroxylation is 2. The van der Waals surface area contributed by atoms with Gasteiger partial charge in [0.25, 0.3) is 0 Å². The minimum Gasteiger partial charge on any atom is -0.457 e. The lowest BCUT2D eigenvalue weighted by Gasteiger charge is -2.22. The van der Waals surface area contributed by atoms with E-state index in [1.54, 1.807) is 12.5 Å². The van der Waals surface area contributed by atoms with Crippen molar-refractivity contribution in [2.24, 2.45) is 12.5 Å². The lowest BCUT2D eigenvalue weighted by atomic mass is 9.87. The zero-order valence-corrected chi connectivity index (χ0v) is 21.4. The average molecular weight is 509 g/mol. The van der Waals surface area contributed by atoms with E-state index in [-0.39, 0.29) is 5.41 Å². The van der Waals surface area contributed by atoms with Crippen LogP contribution in [0.25, 0.3) is 22.1 Å². The van der Waals surface area contributed by atoms with Gasteiger partial charge >= 0.3 is 0 Å². The number of nitrogens with one attached hydrogen (secondary N) is 1. The van der Waals surface area contributed by atoms with Crippen molar-refractivity contribution in [2.75, 3.05) is 36.5 Å². The van der Waals surface area contributed by atoms with E-state index in [1.807, 2.05) is 54.9 Å². The first-order valence-electron chi connectivity index (χ1n) is 12.8. The summed E-state index contributed by atoms with van der Waals surface area (Å²) in [6.45, 7) is 5.54. The van der Waals surface area contributed by atoms with Crippen LogP contribution >= 0.6 is 0 Å². The summed E-state index contributed by atoms with van der Waals surface area (Å²) in [5, 5.41) is 3.42. The van der Waals surface area contributed by atoms with Crippen LogP contribution in [0, 0.1) is 12.3 Å². The summed E-state index contributed by atoms with van der Waals surface area (Å²) in [6.07, 6.45) is 7.32. The van der Waals surface area contributed by atoms with Crippen molar-refractivity contribution in [3.63, 3.8) is 0 Å². The van der Waals surface area contributed by atoms with Crippen molar-refractivity contribution in [3.05, 3.63) is 60.8 Å². The van der Waals surface area contributed by atoms with Crippen LogP contribution in [-0.4, -0.2) is 55.8 Å². The van der Waals surface area contributed by atoms with Crippen LogP contribution in [0.1, 0.15) is 18.4 Å². The van der Waals surface area contributed by atoms with Crippen molar-refractivity contribution in [1.82, 2.24) is 29.5 Å². The summed E-state index contributed by atoms with van der Waals surface area (Å²) in [4.78, 5) is 25.1. The third-order valence-electron chi connectivity index (χ3n) is 7.63. The highest BCUT2D eigenvalue weighted by atomic mass is 16.5. The second-order valence-corrected chi connectivity index (χ2v) is 10.3. The van der Waals surface area contributed by atoms with Gasteiger partial charge in [-0.2, -0.15) is 0 Å². The fourth-order valence-corrected chi connectivity index (χ4v) is 5.45. The van der Waals surface area contributed by atoms with Gasteiger partial charge in [0.15, 0.2) is 5.82 Å². The van der Waals surface area contributed by atoms with Crippen molar-refractivity contribution >= 4 is 39.5 Å². The van der Waals surface area contributed by atoms with Gasteiger partial charge in [0, 0.05) is 43.9 Å². The highest BCUT2D eigenvalue weighted by Gasteiger charge is 2.42. The highest BCUT2D eigenvalue weighted by Crippen LogP contribution is 2.39. The van der Waals surface area contributed by atoms with Crippen LogP contribution in [-0.2, 0) is 11.8 Å². The number of hydrogen-bond acceptors (Lipinski definition) is 9. The molecule has 38 heavy (non-hydrogen) atoms. The van der Waals surface area contributed by atoms with Gasteiger partial charge in [-0.25, -0.2) is 24.9 Å². The number of hydrogen-bond donors (Lipinski definition) is 1. The third kappa shape index (κ3) is 4.06. The summed E-state index contributed by atoms with van der Waals surface area (Å²) in [6, 6.07) is 11.9. The molecule has 0 aliphatic carbocycles. The van der Waals surface area contributed by atoms with Crippen molar-refractivity contribution < 1.29 is 9.47 Å². The van der Waals surface area contributed by atoms with E-state index >= 15 is 0 Å². The molecule has 5 aromatic rings. The quantitative estimate of drug-likeness (QED) is 0.360. The minimum atomic E-state index is 0.233. The monoisotopic (exact) mass is 508 g/mol. The lowest BCUT2D eigenvalue weighted by Crippen LogP contribution is -2.28. The van der Waals surface area contributed by atoms with E-state index in [4.69, 9.17) is 14.5 Å². The molecule has 10 heteroatoms. The zero-order valence-electron chi connectivity index (χ0n) is 21.4. The van der Waals surface area contributed by atoms with Gasteiger partial charge in [0.05, 0.1) is 30.2 Å². The molecule has 7 rings (SSSR count). The van der Waals surface area contributed by atoms with Gasteiger partial charge < -0.3 is 24.3 Å². The summed E-state index contributed by atoms with van der Waals surface area (Å²) >= 11 is 0. The maximum Gasteiger partial charge on any atom is 0.226 e. The van der Waals surface area contributed by atoms with E-state index < -0.39 is 0 Å². The number of nitrogens with zero attached hydrogens (tertiary/aromatic N) is 7. The molecule has 2 fully saturated rings. The van der Waals surface area contributed by atoms with Gasteiger partial charge in [-0.1, -0.05) is 0 Å². The number of fused-ring (bicyclic) bond motifs is 2. The Morgan fingerprint density at radius 3 is 2.84 bits per heavy atom. The first-order chi connectivity index (χ1) is 18.6. The van der Waals surface area contributed by atoms with Crippen LogP contribution < -0.4 is 15.0 Å². The Hall–Kier alpha value is -4.31. The van der Waals surface area contributed by atoms with Crippen LogP contribution in [0.3, 0.4) is 0 Å². The summed E-state index contributed by atoms with van der Waals surface area (Å²) in [5.41, 5.74) is 5.48. The summed E-state index contributed by atoms with van der Waals surface area (Å²) < 4.78 is 13.8. The molecule has 2 aliphatic rings. The standard InChI is InChI=1S/C28H28N8O2/c1-18-11-19(3-6-24(18)38-20-4-5-23-21(12-20)32-17-35(23)2)33-26-25-22(30-16-31-26)13-29-27(34-25)36-9-7-28(14-36)8-10-37-15-28/h3-6,11-13,16-17H,7-10,14-15H2,1-2H3,(H,30,31,33). The van der Waals surface area contributed by atoms with Gasteiger partial charge in [-0.15, -0.1) is 0 Å². The van der Waals surface area contributed by atoms with E-state index in [9.17, 15) is 0 Å². The van der Waals surface area contributed by atoms with Gasteiger partial charge in [-0.05, 0) is 55.7 Å². The van der Waals surface area contributed by atoms with Gasteiger partial charge in [0.2, 0.25) is 5.95 Å². The molecule has 1 unspecified atom stereocenters. The van der Waals surface area contributed by atoms with Crippen molar-refractivity contribution in [1.29, 1.82) is 0 Å². The molecule has 0 amide bonds. The zero-order chi connectivity index (χ0) is 25.7. The number of aromatic nitrogens is 6. The maximum absolute atomic E-state index is 6.18. The molecule has 10 nitrogen and oxygen atoms in total. The van der Waals surface area contributed by atoms with Crippen LogP contribution in [0.5, 0.6) is 11.5 Å². The molecule has 0 radical (unpaired) electrons. The van der Waals surface area contributed by atoms with Crippen molar-refractivity contribution in [2.45, 2.75) is 19.8 Å². The Morgan fingerprint density at radius 2 is 1.97 bits per heavy atom. The molecule has 2 aromatic carbocycles. The Kier molecular flexibility index (Phi) is 5.36. The van der Waals surface area contributed by atoms with Crippen LogP contribution in [0.2, 0.25) is 0 Å². The smallest absolute Gasteiger partial charge is 0.226 e. The molecule has 3 aromatic heterocycles. The second-order valence-electron chi connectivity index (χ2n) is 10.3. The maximum atomic E-state index is 6.18. The minimum absolute atomic E-state index is 0.233. The Labute approximate surface area is 219 Å². The third-order valence-corrected chi connectivity index (χ3v) is 7.63. The SMILES string of the molecule is Cc1cc(Nc2ncnc3cnc(N4CCC5(CCOC5)C4)nc23)ccc1Oc1ccc2c(c1)ncn2C. The van der Waals surface area contributed by atoms with Gasteiger partial charge in [0.1, 0.15) is 28.9 Å². The predicted molar refractivity (Wildman–Crippen MR) is 145 cm³/mol. The molecule has 2 saturated heterocycles. The summed E-state index contributed by atoms with van der Waals surface area (Å²) in [7, 11) is 1.98. The van der Waals surface area contributed by atoms with Crippen molar-refractivity contribution in [3.8, 4) is 11.5 Å². The van der Waals surface area contributed by atoms with E-state index in [0.29, 0.717) is 22.8 Å². The largest absolute Gasteiger partial charge is 0.457 e. The van der Waals surface area contributed by atoms with Gasteiger partial charge in [-0.3, -0.25) is 0 Å². The van der Waals surface area contributed by atoms with E-state index in [0.717, 1.165) is 72.9 Å². The Balaban J connectivity index is 1.12. The van der Waals surface area contributed by atoms with Crippen LogP contribution in [0.4, 0.5) is 17.5 Å². The second kappa shape index (κ2) is 8.91.